The van der Waals surface area contributed by atoms with E-state index in [1.165, 1.54) is 7.11 Å². The van der Waals surface area contributed by atoms with Crippen molar-refractivity contribution in [1.82, 2.24) is 4.90 Å². The number of amides is 1. The fourth-order valence-corrected chi connectivity index (χ4v) is 2.03. The van der Waals surface area contributed by atoms with Crippen LogP contribution in [0.2, 0.25) is 0 Å². The predicted octanol–water partition coefficient (Wildman–Crippen LogP) is 1.59. The van der Waals surface area contributed by atoms with Crippen molar-refractivity contribution in [3.05, 3.63) is 0 Å². The smallest absolute Gasteiger partial charge is 0.328 e. The molecule has 0 N–H and O–H groups in total. The summed E-state index contributed by atoms with van der Waals surface area (Å²) in [5.41, 5.74) is 0. The minimum absolute atomic E-state index is 0.00902. The van der Waals surface area contributed by atoms with Crippen LogP contribution < -0.4 is 0 Å². The average Bonchev–Trinajstić information content (AvgIpc) is 2.35. The number of carbonyl (C=O) groups excluding carboxylic acids is 2. The van der Waals surface area contributed by atoms with Gasteiger partial charge in [-0.2, -0.15) is 0 Å². The van der Waals surface area contributed by atoms with Gasteiger partial charge in [0.05, 0.1) is 7.11 Å². The number of hydrogen-bond donors (Lipinski definition) is 0. The monoisotopic (exact) mass is 227 g/mol. The topological polar surface area (TPSA) is 46.6 Å². The summed E-state index contributed by atoms with van der Waals surface area (Å²) in [6.45, 7) is 4.58. The molecule has 1 amide bonds. The highest BCUT2D eigenvalue weighted by atomic mass is 16.5. The molecule has 16 heavy (non-hydrogen) atoms. The molecule has 0 bridgehead atoms. The highest BCUT2D eigenvalue weighted by molar-refractivity contribution is 5.85. The Hall–Kier alpha value is -1.06. The van der Waals surface area contributed by atoms with Crippen LogP contribution in [0.25, 0.3) is 0 Å². The van der Waals surface area contributed by atoms with Gasteiger partial charge >= 0.3 is 5.97 Å². The lowest BCUT2D eigenvalue weighted by molar-refractivity contribution is -0.156. The average molecular weight is 227 g/mol. The first-order chi connectivity index (χ1) is 7.61. The van der Waals surface area contributed by atoms with Crippen molar-refractivity contribution < 1.29 is 14.3 Å². The molecule has 1 unspecified atom stereocenters. The Kier molecular flexibility index (Phi) is 4.77. The van der Waals surface area contributed by atoms with E-state index in [4.69, 9.17) is 4.74 Å². The Balaban J connectivity index is 2.73. The first kappa shape index (κ1) is 13.0. The summed E-state index contributed by atoms with van der Waals surface area (Å²) in [4.78, 5) is 25.4. The van der Waals surface area contributed by atoms with Gasteiger partial charge in [0, 0.05) is 12.5 Å². The summed E-state index contributed by atoms with van der Waals surface area (Å²) in [5.74, 6) is -0.209. The molecule has 0 spiro atoms. The molecule has 0 aliphatic carbocycles. The summed E-state index contributed by atoms with van der Waals surface area (Å²) >= 11 is 0. The van der Waals surface area contributed by atoms with Crippen molar-refractivity contribution in [3.8, 4) is 0 Å². The SMILES string of the molecule is CCC(C)C(=O)N1CCCC[C@@H]1C(=O)OC. The van der Waals surface area contributed by atoms with Gasteiger partial charge in [0.2, 0.25) is 5.91 Å². The summed E-state index contributed by atoms with van der Waals surface area (Å²) in [6.07, 6.45) is 3.51. The molecule has 2 atom stereocenters. The number of likely N-dealkylation sites (tertiary alicyclic amines) is 1. The molecule has 1 aliphatic heterocycles. The van der Waals surface area contributed by atoms with Crippen molar-refractivity contribution in [2.45, 2.75) is 45.6 Å². The van der Waals surface area contributed by atoms with Crippen LogP contribution >= 0.6 is 0 Å². The molecule has 92 valence electrons. The Labute approximate surface area is 96.9 Å². The fourth-order valence-electron chi connectivity index (χ4n) is 2.03. The van der Waals surface area contributed by atoms with Gasteiger partial charge in [-0.3, -0.25) is 4.79 Å². The van der Waals surface area contributed by atoms with Crippen molar-refractivity contribution in [2.75, 3.05) is 13.7 Å². The largest absolute Gasteiger partial charge is 0.467 e. The molecule has 1 aliphatic rings. The maximum absolute atomic E-state index is 12.1. The molecular formula is C12H21NO3. The molecule has 1 fully saturated rings. The highest BCUT2D eigenvalue weighted by Crippen LogP contribution is 2.21. The molecule has 1 heterocycles. The van der Waals surface area contributed by atoms with Gasteiger partial charge in [-0.25, -0.2) is 4.79 Å². The third-order valence-electron chi connectivity index (χ3n) is 3.29. The van der Waals surface area contributed by atoms with E-state index in [2.05, 4.69) is 0 Å². The lowest BCUT2D eigenvalue weighted by Gasteiger charge is -2.35. The normalized spacial score (nSPS) is 22.7. The third kappa shape index (κ3) is 2.74. The number of esters is 1. The van der Waals surface area contributed by atoms with Crippen molar-refractivity contribution >= 4 is 11.9 Å². The number of carbonyl (C=O) groups is 2. The van der Waals surface area contributed by atoms with Crippen LogP contribution in [-0.2, 0) is 14.3 Å². The number of hydrogen-bond acceptors (Lipinski definition) is 3. The van der Waals surface area contributed by atoms with Crippen molar-refractivity contribution in [1.29, 1.82) is 0 Å². The van der Waals surface area contributed by atoms with E-state index >= 15 is 0 Å². The first-order valence-corrected chi connectivity index (χ1v) is 6.00. The summed E-state index contributed by atoms with van der Waals surface area (Å²) in [5, 5.41) is 0. The third-order valence-corrected chi connectivity index (χ3v) is 3.29. The van der Waals surface area contributed by atoms with Crippen LogP contribution in [0.15, 0.2) is 0 Å². The van der Waals surface area contributed by atoms with Crippen LogP contribution in [0.3, 0.4) is 0 Å². The van der Waals surface area contributed by atoms with E-state index in [9.17, 15) is 9.59 Å². The van der Waals surface area contributed by atoms with Gasteiger partial charge in [0.1, 0.15) is 6.04 Å². The van der Waals surface area contributed by atoms with Crippen molar-refractivity contribution in [2.24, 2.45) is 5.92 Å². The number of piperidine rings is 1. The molecule has 1 saturated heterocycles. The highest BCUT2D eigenvalue weighted by Gasteiger charge is 2.34. The van der Waals surface area contributed by atoms with E-state index in [0.29, 0.717) is 6.54 Å². The summed E-state index contributed by atoms with van der Waals surface area (Å²) in [7, 11) is 1.38. The van der Waals surface area contributed by atoms with Crippen LogP contribution in [0.4, 0.5) is 0 Å². The van der Waals surface area contributed by atoms with Crippen LogP contribution in [0.5, 0.6) is 0 Å². The minimum Gasteiger partial charge on any atom is -0.467 e. The quantitative estimate of drug-likeness (QED) is 0.688. The summed E-state index contributed by atoms with van der Waals surface area (Å²) < 4.78 is 4.75. The minimum atomic E-state index is -0.361. The number of ether oxygens (including phenoxy) is 1. The predicted molar refractivity (Wildman–Crippen MR) is 60.8 cm³/mol. The lowest BCUT2D eigenvalue weighted by atomic mass is 9.99. The molecule has 4 heteroatoms. The van der Waals surface area contributed by atoms with E-state index < -0.39 is 0 Å². The van der Waals surface area contributed by atoms with Crippen LogP contribution in [0, 0.1) is 5.92 Å². The Morgan fingerprint density at radius 3 is 2.69 bits per heavy atom. The van der Waals surface area contributed by atoms with E-state index in [1.54, 1.807) is 4.90 Å². The van der Waals surface area contributed by atoms with Gasteiger partial charge in [0.25, 0.3) is 0 Å². The molecule has 1 rings (SSSR count). The zero-order valence-corrected chi connectivity index (χ0v) is 10.4. The van der Waals surface area contributed by atoms with Gasteiger partial charge in [-0.05, 0) is 25.7 Å². The van der Waals surface area contributed by atoms with Gasteiger partial charge < -0.3 is 9.64 Å². The van der Waals surface area contributed by atoms with Gasteiger partial charge in [-0.1, -0.05) is 13.8 Å². The number of methoxy groups -OCH3 is 1. The van der Waals surface area contributed by atoms with Crippen LogP contribution in [-0.4, -0.2) is 36.5 Å². The van der Waals surface area contributed by atoms with Gasteiger partial charge in [0.15, 0.2) is 0 Å². The maximum atomic E-state index is 12.1. The second kappa shape index (κ2) is 5.87. The number of nitrogens with zero attached hydrogens (tertiary/aromatic N) is 1. The summed E-state index contributed by atoms with van der Waals surface area (Å²) in [6, 6.07) is -0.361. The molecular weight excluding hydrogens is 206 g/mol. The Morgan fingerprint density at radius 2 is 2.12 bits per heavy atom. The molecule has 0 aromatic rings. The molecule has 4 nitrogen and oxygen atoms in total. The standard InChI is InChI=1S/C12H21NO3/c1-4-9(2)11(14)13-8-6-5-7-10(13)12(15)16-3/h9-10H,4-8H2,1-3H3/t9?,10-/m1/s1. The zero-order chi connectivity index (χ0) is 12.1. The van der Waals surface area contributed by atoms with Crippen molar-refractivity contribution in [3.63, 3.8) is 0 Å². The first-order valence-electron chi connectivity index (χ1n) is 6.00. The van der Waals surface area contributed by atoms with E-state index in [0.717, 1.165) is 25.7 Å². The second-order valence-corrected chi connectivity index (χ2v) is 4.38. The molecule has 0 radical (unpaired) electrons. The Morgan fingerprint density at radius 1 is 1.44 bits per heavy atom. The molecule has 0 aromatic carbocycles. The maximum Gasteiger partial charge on any atom is 0.328 e. The lowest BCUT2D eigenvalue weighted by Crippen LogP contribution is -2.50. The zero-order valence-electron chi connectivity index (χ0n) is 10.4. The van der Waals surface area contributed by atoms with Crippen LogP contribution in [0.1, 0.15) is 39.5 Å². The van der Waals surface area contributed by atoms with Gasteiger partial charge in [-0.15, -0.1) is 0 Å². The second-order valence-electron chi connectivity index (χ2n) is 4.38. The van der Waals surface area contributed by atoms with E-state index in [1.807, 2.05) is 13.8 Å². The fraction of sp³-hybridized carbons (Fsp3) is 0.833. The van der Waals surface area contributed by atoms with E-state index in [-0.39, 0.29) is 23.8 Å². The molecule has 0 aromatic heterocycles. The molecule has 0 saturated carbocycles. The number of rotatable bonds is 3. The Bertz CT molecular complexity index is 265.